The Morgan fingerprint density at radius 3 is 2.81 bits per heavy atom. The third kappa shape index (κ3) is 2.56. The number of carbonyl (C=O) groups excluding carboxylic acids is 1. The van der Waals surface area contributed by atoms with Gasteiger partial charge in [-0.05, 0) is 17.9 Å². The highest BCUT2D eigenvalue weighted by molar-refractivity contribution is 7.91. The van der Waals surface area contributed by atoms with E-state index in [2.05, 4.69) is 5.32 Å². The topological polar surface area (TPSA) is 63.2 Å². The van der Waals surface area contributed by atoms with Gasteiger partial charge in [0.25, 0.3) is 5.91 Å². The lowest BCUT2D eigenvalue weighted by molar-refractivity contribution is 0.0945. The van der Waals surface area contributed by atoms with Gasteiger partial charge in [-0.3, -0.25) is 4.79 Å². The zero-order valence-corrected chi connectivity index (χ0v) is 10.7. The largest absolute Gasteiger partial charge is 0.348 e. The molecule has 1 aliphatic heterocycles. The average Bonchev–Trinajstić information content (AvgIpc) is 2.72. The summed E-state index contributed by atoms with van der Waals surface area (Å²) in [6.45, 7) is 0. The first-order chi connectivity index (χ1) is 7.48. The second kappa shape index (κ2) is 4.35. The molecule has 1 unspecified atom stereocenters. The summed E-state index contributed by atoms with van der Waals surface area (Å²) in [5.41, 5.74) is 0. The summed E-state index contributed by atoms with van der Waals surface area (Å²) in [4.78, 5) is 12.1. The number of halogens is 1. The van der Waals surface area contributed by atoms with Gasteiger partial charge in [-0.2, -0.15) is 0 Å². The minimum atomic E-state index is -2.96. The Labute approximate surface area is 103 Å². The Balaban J connectivity index is 2.02. The minimum Gasteiger partial charge on any atom is -0.348 e. The molecule has 1 aromatic heterocycles. The lowest BCUT2D eigenvalue weighted by atomic mass is 10.2. The van der Waals surface area contributed by atoms with E-state index < -0.39 is 9.84 Å². The van der Waals surface area contributed by atoms with E-state index >= 15 is 0 Å². The summed E-state index contributed by atoms with van der Waals surface area (Å²) < 4.78 is 22.4. The van der Waals surface area contributed by atoms with E-state index in [4.69, 9.17) is 11.6 Å². The normalized spacial score (nSPS) is 23.2. The van der Waals surface area contributed by atoms with Gasteiger partial charge in [-0.15, -0.1) is 11.3 Å². The maximum atomic E-state index is 11.7. The fourth-order valence-corrected chi connectivity index (χ4v) is 4.33. The van der Waals surface area contributed by atoms with Crippen LogP contribution in [0.25, 0.3) is 0 Å². The van der Waals surface area contributed by atoms with Crippen LogP contribution in [0.3, 0.4) is 0 Å². The number of thiophene rings is 1. The molecule has 1 aromatic rings. The third-order valence-corrected chi connectivity index (χ3v) is 5.50. The monoisotopic (exact) mass is 279 g/mol. The molecule has 1 saturated heterocycles. The summed E-state index contributed by atoms with van der Waals surface area (Å²) in [7, 11) is -2.96. The van der Waals surface area contributed by atoms with E-state index in [0.717, 1.165) is 0 Å². The fraction of sp³-hybridized carbons (Fsp3) is 0.444. The van der Waals surface area contributed by atoms with Crippen LogP contribution in [0.15, 0.2) is 11.4 Å². The van der Waals surface area contributed by atoms with Gasteiger partial charge in [0.1, 0.15) is 4.88 Å². The summed E-state index contributed by atoms with van der Waals surface area (Å²) in [6, 6.07) is 1.36. The van der Waals surface area contributed by atoms with Crippen LogP contribution in [0.5, 0.6) is 0 Å². The Morgan fingerprint density at radius 1 is 1.56 bits per heavy atom. The predicted molar refractivity (Wildman–Crippen MR) is 63.9 cm³/mol. The quantitative estimate of drug-likeness (QED) is 0.888. The molecular formula is C9H10ClNO3S2. The highest BCUT2D eigenvalue weighted by Crippen LogP contribution is 2.22. The number of hydrogen-bond donors (Lipinski definition) is 1. The minimum absolute atomic E-state index is 0.0295. The van der Waals surface area contributed by atoms with Gasteiger partial charge in [-0.1, -0.05) is 11.6 Å². The van der Waals surface area contributed by atoms with Crippen molar-refractivity contribution >= 4 is 38.7 Å². The smallest absolute Gasteiger partial charge is 0.263 e. The Bertz CT molecular complexity index is 509. The number of amides is 1. The zero-order valence-electron chi connectivity index (χ0n) is 8.27. The van der Waals surface area contributed by atoms with Crippen molar-refractivity contribution in [3.05, 3.63) is 21.3 Å². The van der Waals surface area contributed by atoms with Gasteiger partial charge in [0.2, 0.25) is 0 Å². The predicted octanol–water partition coefficient (Wildman–Crippen LogP) is 1.32. The van der Waals surface area contributed by atoms with E-state index in [1.807, 2.05) is 0 Å². The van der Waals surface area contributed by atoms with Crippen LogP contribution < -0.4 is 5.32 Å². The van der Waals surface area contributed by atoms with E-state index in [1.54, 1.807) is 11.4 Å². The maximum absolute atomic E-state index is 11.7. The van der Waals surface area contributed by atoms with Crippen LogP contribution in [-0.4, -0.2) is 31.9 Å². The molecular weight excluding hydrogens is 270 g/mol. The number of nitrogens with one attached hydrogen (secondary N) is 1. The van der Waals surface area contributed by atoms with Crippen molar-refractivity contribution < 1.29 is 13.2 Å². The molecule has 4 nitrogen and oxygen atoms in total. The van der Waals surface area contributed by atoms with Crippen molar-refractivity contribution in [1.82, 2.24) is 5.32 Å². The first-order valence-corrected chi connectivity index (χ1v) is 7.80. The molecule has 0 aromatic carbocycles. The molecule has 0 spiro atoms. The van der Waals surface area contributed by atoms with Crippen molar-refractivity contribution in [2.75, 3.05) is 11.5 Å². The number of rotatable bonds is 2. The van der Waals surface area contributed by atoms with Gasteiger partial charge in [0.05, 0.1) is 16.5 Å². The van der Waals surface area contributed by atoms with Gasteiger partial charge >= 0.3 is 0 Å². The van der Waals surface area contributed by atoms with E-state index in [-0.39, 0.29) is 23.5 Å². The average molecular weight is 280 g/mol. The molecule has 2 rings (SSSR count). The van der Waals surface area contributed by atoms with Gasteiger partial charge in [-0.25, -0.2) is 8.42 Å². The van der Waals surface area contributed by atoms with Crippen molar-refractivity contribution in [3.63, 3.8) is 0 Å². The highest BCUT2D eigenvalue weighted by atomic mass is 35.5. The van der Waals surface area contributed by atoms with E-state index in [1.165, 1.54) is 11.3 Å². The molecule has 1 amide bonds. The van der Waals surface area contributed by atoms with Crippen LogP contribution >= 0.6 is 22.9 Å². The third-order valence-electron chi connectivity index (χ3n) is 2.39. The second-order valence-electron chi connectivity index (χ2n) is 3.67. The number of carbonyl (C=O) groups is 1. The van der Waals surface area contributed by atoms with Crippen molar-refractivity contribution in [2.24, 2.45) is 0 Å². The summed E-state index contributed by atoms with van der Waals surface area (Å²) in [5, 5.41) is 4.82. The molecule has 0 aliphatic carbocycles. The molecule has 88 valence electrons. The standard InChI is InChI=1S/C9H10ClNO3S2/c10-7-1-3-15-8(7)9(12)11-6-2-4-16(13,14)5-6/h1,3,6H,2,4-5H2,(H,11,12). The molecule has 7 heteroatoms. The molecule has 2 heterocycles. The summed E-state index contributed by atoms with van der Waals surface area (Å²) in [6.07, 6.45) is 0.483. The molecule has 0 saturated carbocycles. The molecule has 0 bridgehead atoms. The summed E-state index contributed by atoms with van der Waals surface area (Å²) >= 11 is 7.05. The van der Waals surface area contributed by atoms with Crippen LogP contribution in [-0.2, 0) is 9.84 Å². The molecule has 0 radical (unpaired) electrons. The fourth-order valence-electron chi connectivity index (χ4n) is 1.62. The van der Waals surface area contributed by atoms with Crippen LogP contribution in [0, 0.1) is 0 Å². The molecule has 1 aliphatic rings. The Morgan fingerprint density at radius 2 is 2.31 bits per heavy atom. The van der Waals surface area contributed by atoms with Crippen molar-refractivity contribution in [2.45, 2.75) is 12.5 Å². The van der Waals surface area contributed by atoms with Crippen molar-refractivity contribution in [1.29, 1.82) is 0 Å². The van der Waals surface area contributed by atoms with E-state index in [0.29, 0.717) is 16.3 Å². The lowest BCUT2D eigenvalue weighted by Crippen LogP contribution is -2.35. The van der Waals surface area contributed by atoms with Crippen molar-refractivity contribution in [3.8, 4) is 0 Å². The van der Waals surface area contributed by atoms with Gasteiger partial charge in [0, 0.05) is 6.04 Å². The highest BCUT2D eigenvalue weighted by Gasteiger charge is 2.29. The number of sulfone groups is 1. The summed E-state index contributed by atoms with van der Waals surface area (Å²) in [5.74, 6) is -0.111. The Hall–Kier alpha value is -0.590. The van der Waals surface area contributed by atoms with Gasteiger partial charge < -0.3 is 5.32 Å². The van der Waals surface area contributed by atoms with Crippen LogP contribution in [0.1, 0.15) is 16.1 Å². The molecule has 16 heavy (non-hydrogen) atoms. The lowest BCUT2D eigenvalue weighted by Gasteiger charge is -2.09. The molecule has 1 N–H and O–H groups in total. The first kappa shape index (κ1) is 11.9. The number of hydrogen-bond acceptors (Lipinski definition) is 4. The first-order valence-electron chi connectivity index (χ1n) is 4.72. The van der Waals surface area contributed by atoms with Crippen LogP contribution in [0.4, 0.5) is 0 Å². The molecule has 1 fully saturated rings. The Kier molecular flexibility index (Phi) is 3.23. The zero-order chi connectivity index (χ0) is 11.8. The van der Waals surface area contributed by atoms with E-state index in [9.17, 15) is 13.2 Å². The molecule has 1 atom stereocenters. The SMILES string of the molecule is O=C(NC1CCS(=O)(=O)C1)c1sccc1Cl. The second-order valence-corrected chi connectivity index (χ2v) is 7.22. The van der Waals surface area contributed by atoms with Gasteiger partial charge in [0.15, 0.2) is 9.84 Å². The maximum Gasteiger partial charge on any atom is 0.263 e. The van der Waals surface area contributed by atoms with Crippen LogP contribution in [0.2, 0.25) is 5.02 Å².